The molecule has 0 amide bonds. The minimum Gasteiger partial charge on any atom is -0.338 e. The van der Waals surface area contributed by atoms with Crippen molar-refractivity contribution in [3.05, 3.63) is 29.8 Å². The molecule has 0 unspecified atom stereocenters. The number of aliphatic imine (C=N–C) groups is 1. The first-order valence-corrected chi connectivity index (χ1v) is 4.02. The average Bonchev–Trinajstić information content (AvgIpc) is 2.18. The fourth-order valence-corrected chi connectivity index (χ4v) is 0.977. The molecule has 0 spiro atoms. The van der Waals surface area contributed by atoms with Crippen molar-refractivity contribution in [2.75, 3.05) is 14.2 Å². The molecule has 13 heavy (non-hydrogen) atoms. The maximum atomic E-state index is 4.83. The van der Waals surface area contributed by atoms with Crippen LogP contribution in [0.25, 0.3) is 0 Å². The molecular weight excluding hydrogens is 166 g/mol. The van der Waals surface area contributed by atoms with E-state index in [9.17, 15) is 0 Å². The predicted octanol–water partition coefficient (Wildman–Crippen LogP) is 2.07. The van der Waals surface area contributed by atoms with Crippen LogP contribution in [0.5, 0.6) is 5.75 Å². The topological polar surface area (TPSA) is 30.8 Å². The Morgan fingerprint density at radius 3 is 2.31 bits per heavy atom. The summed E-state index contributed by atoms with van der Waals surface area (Å²) in [5, 5.41) is 0. The van der Waals surface area contributed by atoms with E-state index in [1.807, 2.05) is 31.2 Å². The largest absolute Gasteiger partial charge is 0.338 e. The van der Waals surface area contributed by atoms with E-state index in [0.29, 0.717) is 5.75 Å². The van der Waals surface area contributed by atoms with Crippen molar-refractivity contribution < 1.29 is 9.78 Å². The van der Waals surface area contributed by atoms with E-state index in [1.54, 1.807) is 7.05 Å². The minimum atomic E-state index is 0.690. The van der Waals surface area contributed by atoms with Gasteiger partial charge in [0, 0.05) is 12.8 Å². The van der Waals surface area contributed by atoms with Crippen molar-refractivity contribution in [3.63, 3.8) is 0 Å². The normalized spacial score (nSPS) is 11.5. The van der Waals surface area contributed by atoms with Crippen LogP contribution in [0.4, 0.5) is 0 Å². The smallest absolute Gasteiger partial charge is 0.165 e. The molecule has 0 aliphatic carbocycles. The van der Waals surface area contributed by atoms with Crippen LogP contribution >= 0.6 is 0 Å². The number of benzene rings is 1. The Bertz CT molecular complexity index is 290. The van der Waals surface area contributed by atoms with Crippen molar-refractivity contribution in [1.82, 2.24) is 0 Å². The first-order valence-electron chi connectivity index (χ1n) is 4.02. The highest BCUT2D eigenvalue weighted by Gasteiger charge is 1.97. The summed E-state index contributed by atoms with van der Waals surface area (Å²) in [7, 11) is 3.25. The summed E-state index contributed by atoms with van der Waals surface area (Å²) in [5.41, 5.74) is 2.09. The predicted molar refractivity (Wildman–Crippen MR) is 52.2 cm³/mol. The van der Waals surface area contributed by atoms with Crippen LogP contribution in [0.15, 0.2) is 29.3 Å². The Morgan fingerprint density at radius 1 is 1.23 bits per heavy atom. The third-order valence-electron chi connectivity index (χ3n) is 1.79. The van der Waals surface area contributed by atoms with E-state index >= 15 is 0 Å². The lowest BCUT2D eigenvalue weighted by Crippen LogP contribution is -1.95. The van der Waals surface area contributed by atoms with E-state index in [-0.39, 0.29) is 0 Å². The van der Waals surface area contributed by atoms with E-state index in [0.717, 1.165) is 11.3 Å². The highest BCUT2D eigenvalue weighted by molar-refractivity contribution is 5.98. The summed E-state index contributed by atoms with van der Waals surface area (Å²) < 4.78 is 0. The van der Waals surface area contributed by atoms with E-state index in [4.69, 9.17) is 4.89 Å². The first kappa shape index (κ1) is 9.74. The lowest BCUT2D eigenvalue weighted by molar-refractivity contribution is -0.178. The second-order valence-corrected chi connectivity index (χ2v) is 2.58. The highest BCUT2D eigenvalue weighted by Crippen LogP contribution is 2.12. The number of nitrogens with zero attached hydrogens (tertiary/aromatic N) is 1. The quantitative estimate of drug-likeness (QED) is 0.404. The molecule has 0 atom stereocenters. The van der Waals surface area contributed by atoms with Crippen molar-refractivity contribution >= 4 is 5.71 Å². The SMILES string of the molecule is CN=C(C)c1ccc(OOC)cc1. The summed E-state index contributed by atoms with van der Waals surface area (Å²) >= 11 is 0. The van der Waals surface area contributed by atoms with Gasteiger partial charge in [0.2, 0.25) is 0 Å². The minimum absolute atomic E-state index is 0.690. The van der Waals surface area contributed by atoms with Crippen LogP contribution in [0.2, 0.25) is 0 Å². The number of hydrogen-bond acceptors (Lipinski definition) is 3. The van der Waals surface area contributed by atoms with Gasteiger partial charge in [0.15, 0.2) is 5.75 Å². The van der Waals surface area contributed by atoms with Crippen molar-refractivity contribution in [2.24, 2.45) is 4.99 Å². The summed E-state index contributed by atoms with van der Waals surface area (Å²) in [6.07, 6.45) is 0. The van der Waals surface area contributed by atoms with Gasteiger partial charge in [0.05, 0.1) is 7.11 Å². The van der Waals surface area contributed by atoms with Crippen molar-refractivity contribution in [2.45, 2.75) is 6.92 Å². The molecule has 0 aliphatic rings. The molecule has 70 valence electrons. The van der Waals surface area contributed by atoms with Gasteiger partial charge >= 0.3 is 0 Å². The molecular formula is C10H13NO2. The van der Waals surface area contributed by atoms with Gasteiger partial charge in [-0.3, -0.25) is 4.99 Å². The average molecular weight is 179 g/mol. The lowest BCUT2D eigenvalue weighted by atomic mass is 10.1. The van der Waals surface area contributed by atoms with Gasteiger partial charge in [-0.2, -0.15) is 4.89 Å². The molecule has 1 aromatic rings. The molecule has 1 aromatic carbocycles. The fraction of sp³-hybridized carbons (Fsp3) is 0.300. The Balaban J connectivity index is 2.81. The van der Waals surface area contributed by atoms with Gasteiger partial charge in [0.25, 0.3) is 0 Å². The Kier molecular flexibility index (Phi) is 3.46. The molecule has 0 N–H and O–H groups in total. The lowest BCUT2D eigenvalue weighted by Gasteiger charge is -2.02. The second kappa shape index (κ2) is 4.62. The molecule has 3 heteroatoms. The summed E-state index contributed by atoms with van der Waals surface area (Å²) in [4.78, 5) is 13.4. The van der Waals surface area contributed by atoms with E-state index in [1.165, 1.54) is 7.11 Å². The molecule has 0 saturated heterocycles. The molecule has 0 saturated carbocycles. The zero-order valence-corrected chi connectivity index (χ0v) is 8.07. The third-order valence-corrected chi connectivity index (χ3v) is 1.79. The van der Waals surface area contributed by atoms with Crippen LogP contribution in [0.3, 0.4) is 0 Å². The van der Waals surface area contributed by atoms with E-state index in [2.05, 4.69) is 9.88 Å². The van der Waals surface area contributed by atoms with Gasteiger partial charge in [-0.15, -0.1) is 0 Å². The zero-order valence-electron chi connectivity index (χ0n) is 8.07. The Labute approximate surface area is 77.9 Å². The molecule has 0 bridgehead atoms. The van der Waals surface area contributed by atoms with Gasteiger partial charge in [-0.25, -0.2) is 0 Å². The first-order chi connectivity index (χ1) is 6.27. The van der Waals surface area contributed by atoms with Crippen LogP contribution < -0.4 is 4.89 Å². The van der Waals surface area contributed by atoms with Crippen LogP contribution in [-0.2, 0) is 4.89 Å². The van der Waals surface area contributed by atoms with Gasteiger partial charge in [-0.1, -0.05) is 0 Å². The molecule has 1 rings (SSSR count). The second-order valence-electron chi connectivity index (χ2n) is 2.58. The standard InChI is InChI=1S/C10H13NO2/c1-8(11-2)9-4-6-10(7-5-9)13-12-3/h4-7H,1-3H3. The molecule has 3 nitrogen and oxygen atoms in total. The van der Waals surface area contributed by atoms with Crippen LogP contribution in [0.1, 0.15) is 12.5 Å². The summed E-state index contributed by atoms with van der Waals surface area (Å²) in [5.74, 6) is 0.690. The Hall–Kier alpha value is -1.35. The van der Waals surface area contributed by atoms with E-state index < -0.39 is 0 Å². The van der Waals surface area contributed by atoms with Crippen LogP contribution in [0, 0.1) is 0 Å². The highest BCUT2D eigenvalue weighted by atomic mass is 17.2. The fourth-order valence-electron chi connectivity index (χ4n) is 0.977. The third kappa shape index (κ3) is 2.56. The molecule has 0 radical (unpaired) electrons. The summed E-state index contributed by atoms with van der Waals surface area (Å²) in [6.45, 7) is 1.96. The maximum absolute atomic E-state index is 4.83. The van der Waals surface area contributed by atoms with Gasteiger partial charge in [0.1, 0.15) is 0 Å². The zero-order chi connectivity index (χ0) is 9.68. The summed E-state index contributed by atoms with van der Waals surface area (Å²) in [6, 6.07) is 7.56. The van der Waals surface area contributed by atoms with Crippen molar-refractivity contribution in [3.8, 4) is 5.75 Å². The number of hydrogen-bond donors (Lipinski definition) is 0. The van der Waals surface area contributed by atoms with Gasteiger partial charge < -0.3 is 4.89 Å². The van der Waals surface area contributed by atoms with Gasteiger partial charge in [-0.05, 0) is 36.8 Å². The van der Waals surface area contributed by atoms with Crippen LogP contribution in [-0.4, -0.2) is 19.9 Å². The molecule has 0 aromatic heterocycles. The number of rotatable bonds is 3. The monoisotopic (exact) mass is 179 g/mol. The van der Waals surface area contributed by atoms with Crippen molar-refractivity contribution in [1.29, 1.82) is 0 Å². The molecule has 0 aliphatic heterocycles. The Morgan fingerprint density at radius 2 is 1.85 bits per heavy atom. The maximum Gasteiger partial charge on any atom is 0.165 e. The molecule has 0 fully saturated rings. The molecule has 0 heterocycles.